The first kappa shape index (κ1) is 23.4. The fourth-order valence-electron chi connectivity index (χ4n) is 4.98. The summed E-state index contributed by atoms with van der Waals surface area (Å²) in [6.45, 7) is 7.79. The summed E-state index contributed by atoms with van der Waals surface area (Å²) in [6.07, 6.45) is 3.97. The lowest BCUT2D eigenvalue weighted by molar-refractivity contribution is 0.0342. The summed E-state index contributed by atoms with van der Waals surface area (Å²) in [5.74, 6) is 0.166. The molecule has 34 heavy (non-hydrogen) atoms. The predicted octanol–water partition coefficient (Wildman–Crippen LogP) is 5.45. The molecule has 178 valence electrons. The maximum absolute atomic E-state index is 13.3. The third-order valence-electron chi connectivity index (χ3n) is 6.91. The Labute approximate surface area is 206 Å². The van der Waals surface area contributed by atoms with Crippen molar-refractivity contribution >= 4 is 28.3 Å². The van der Waals surface area contributed by atoms with Crippen molar-refractivity contribution in [2.45, 2.75) is 32.2 Å². The first-order valence-corrected chi connectivity index (χ1v) is 12.8. The smallest absolute Gasteiger partial charge is 0.163 e. The molecule has 0 spiro atoms. The number of hydrogen-bond acceptors (Lipinski definition) is 5. The average Bonchev–Trinajstić information content (AvgIpc) is 3.38. The van der Waals surface area contributed by atoms with Gasteiger partial charge in [0, 0.05) is 47.6 Å². The van der Waals surface area contributed by atoms with Gasteiger partial charge in [0.1, 0.15) is 0 Å². The third-order valence-corrected chi connectivity index (χ3v) is 7.14. The molecule has 1 aromatic heterocycles. The number of carbonyl (C=O) groups excluding carboxylic acids is 1. The number of likely N-dealkylation sites (tertiary alicyclic amines) is 1. The molecule has 0 saturated carbocycles. The van der Waals surface area contributed by atoms with Crippen molar-refractivity contribution in [2.24, 2.45) is 0 Å². The first-order valence-electron chi connectivity index (χ1n) is 12.4. The lowest BCUT2D eigenvalue weighted by Gasteiger charge is -2.26. The number of hydrogen-bond donors (Lipinski definition) is 0. The van der Waals surface area contributed by atoms with Crippen molar-refractivity contribution in [1.82, 2.24) is 14.8 Å². The van der Waals surface area contributed by atoms with Crippen molar-refractivity contribution in [1.29, 1.82) is 0 Å². The molecule has 0 aliphatic carbocycles. The zero-order valence-electron chi connectivity index (χ0n) is 19.6. The predicted molar refractivity (Wildman–Crippen MR) is 138 cm³/mol. The number of ether oxygens (including phenoxy) is 1. The zero-order valence-corrected chi connectivity index (χ0v) is 20.4. The minimum absolute atomic E-state index is 0.166. The summed E-state index contributed by atoms with van der Waals surface area (Å²) in [5.41, 5.74) is 4.66. The third kappa shape index (κ3) is 5.66. The Morgan fingerprint density at radius 1 is 0.941 bits per heavy atom. The lowest BCUT2D eigenvalue weighted by Crippen LogP contribution is -2.35. The van der Waals surface area contributed by atoms with Gasteiger partial charge in [-0.2, -0.15) is 0 Å². The highest BCUT2D eigenvalue weighted by atomic mass is 35.5. The second-order valence-electron chi connectivity index (χ2n) is 9.38. The van der Waals surface area contributed by atoms with Gasteiger partial charge in [0.25, 0.3) is 0 Å². The number of carbonyl (C=O) groups is 1. The van der Waals surface area contributed by atoms with E-state index in [1.165, 1.54) is 18.4 Å². The molecule has 0 bridgehead atoms. The maximum atomic E-state index is 13.3. The van der Waals surface area contributed by atoms with Crippen LogP contribution in [0.1, 0.15) is 41.6 Å². The minimum Gasteiger partial charge on any atom is -0.379 e. The molecule has 5 rings (SSSR count). The second-order valence-corrected chi connectivity index (χ2v) is 9.81. The van der Waals surface area contributed by atoms with Gasteiger partial charge in [-0.25, -0.2) is 4.98 Å². The number of Topliss-reactive ketones (excluding diaryl/α,β-unsaturated/α-hetero) is 1. The maximum Gasteiger partial charge on any atom is 0.163 e. The summed E-state index contributed by atoms with van der Waals surface area (Å²) >= 11 is 6.28. The molecule has 3 heterocycles. The van der Waals surface area contributed by atoms with Crippen LogP contribution in [-0.2, 0) is 11.3 Å². The molecular weight excluding hydrogens is 446 g/mol. The average molecular weight is 478 g/mol. The van der Waals surface area contributed by atoms with E-state index in [0.29, 0.717) is 11.4 Å². The number of rotatable bonds is 8. The van der Waals surface area contributed by atoms with Crippen LogP contribution in [0.5, 0.6) is 0 Å². The van der Waals surface area contributed by atoms with Gasteiger partial charge in [-0.1, -0.05) is 35.9 Å². The molecule has 0 N–H and O–H groups in total. The van der Waals surface area contributed by atoms with Crippen molar-refractivity contribution < 1.29 is 9.53 Å². The molecule has 2 fully saturated rings. The highest BCUT2D eigenvalue weighted by Crippen LogP contribution is 2.28. The fourth-order valence-corrected chi connectivity index (χ4v) is 5.15. The van der Waals surface area contributed by atoms with E-state index >= 15 is 0 Å². The monoisotopic (exact) mass is 477 g/mol. The van der Waals surface area contributed by atoms with Crippen molar-refractivity contribution in [3.8, 4) is 11.3 Å². The Hall–Kier alpha value is -2.31. The van der Waals surface area contributed by atoms with Gasteiger partial charge in [0.15, 0.2) is 5.78 Å². The SMILES string of the molecule is O=C(CCCN1CCCC1)c1cc(-c2ccc(CN3CCOCC3)cc2)nc2ccc(Cl)cc12. The summed E-state index contributed by atoms with van der Waals surface area (Å²) < 4.78 is 5.45. The van der Waals surface area contributed by atoms with E-state index in [2.05, 4.69) is 34.1 Å². The van der Waals surface area contributed by atoms with Crippen LogP contribution in [0.3, 0.4) is 0 Å². The highest BCUT2D eigenvalue weighted by molar-refractivity contribution is 6.31. The minimum atomic E-state index is 0.166. The first-order chi connectivity index (χ1) is 16.7. The molecule has 2 saturated heterocycles. The van der Waals surface area contributed by atoms with Crippen molar-refractivity contribution in [3.05, 3.63) is 64.7 Å². The second kappa shape index (κ2) is 11.0. The molecular formula is C28H32ClN3O2. The molecule has 2 aliphatic rings. The quantitative estimate of drug-likeness (QED) is 0.404. The van der Waals surface area contributed by atoms with E-state index in [1.807, 2.05) is 24.3 Å². The van der Waals surface area contributed by atoms with Crippen LogP contribution in [0.15, 0.2) is 48.5 Å². The summed E-state index contributed by atoms with van der Waals surface area (Å²) in [6, 6.07) is 16.1. The lowest BCUT2D eigenvalue weighted by atomic mass is 9.98. The Morgan fingerprint density at radius 2 is 1.71 bits per heavy atom. The van der Waals surface area contributed by atoms with Crippen LogP contribution < -0.4 is 0 Å². The number of benzene rings is 2. The summed E-state index contributed by atoms with van der Waals surface area (Å²) in [4.78, 5) is 23.0. The number of pyridine rings is 1. The Balaban J connectivity index is 1.36. The number of morpholine rings is 1. The zero-order chi connectivity index (χ0) is 23.3. The van der Waals surface area contributed by atoms with E-state index in [4.69, 9.17) is 21.3 Å². The number of ketones is 1. The summed E-state index contributed by atoms with van der Waals surface area (Å²) in [5, 5.41) is 1.46. The standard InChI is InChI=1S/C28H32ClN3O2/c29-23-9-10-26-24(18-23)25(28(33)4-3-13-31-11-1-2-12-31)19-27(30-26)22-7-5-21(6-8-22)20-32-14-16-34-17-15-32/h5-10,18-19H,1-4,11-17,20H2. The van der Waals surface area contributed by atoms with E-state index in [1.54, 1.807) is 0 Å². The molecule has 6 heteroatoms. The van der Waals surface area contributed by atoms with Crippen LogP contribution in [0.25, 0.3) is 22.2 Å². The molecule has 2 aliphatic heterocycles. The van der Waals surface area contributed by atoms with Crippen LogP contribution >= 0.6 is 11.6 Å². The van der Waals surface area contributed by atoms with Crippen LogP contribution in [0.4, 0.5) is 0 Å². The van der Waals surface area contributed by atoms with Crippen molar-refractivity contribution in [3.63, 3.8) is 0 Å². The fraction of sp³-hybridized carbons (Fsp3) is 0.429. The number of halogens is 1. The van der Waals surface area contributed by atoms with Crippen LogP contribution in [0.2, 0.25) is 5.02 Å². The van der Waals surface area contributed by atoms with Gasteiger partial charge in [-0.3, -0.25) is 9.69 Å². The number of aromatic nitrogens is 1. The van der Waals surface area contributed by atoms with E-state index in [0.717, 1.165) is 86.6 Å². The molecule has 0 unspecified atom stereocenters. The Morgan fingerprint density at radius 3 is 2.47 bits per heavy atom. The van der Waals surface area contributed by atoms with Gasteiger partial charge in [-0.15, -0.1) is 0 Å². The van der Waals surface area contributed by atoms with E-state index < -0.39 is 0 Å². The summed E-state index contributed by atoms with van der Waals surface area (Å²) in [7, 11) is 0. The van der Waals surface area contributed by atoms with Gasteiger partial charge < -0.3 is 9.64 Å². The van der Waals surface area contributed by atoms with E-state index in [-0.39, 0.29) is 5.78 Å². The van der Waals surface area contributed by atoms with Gasteiger partial charge in [-0.05, 0) is 68.7 Å². The molecule has 2 aromatic carbocycles. The van der Waals surface area contributed by atoms with E-state index in [9.17, 15) is 4.79 Å². The van der Waals surface area contributed by atoms with Crippen LogP contribution in [-0.4, -0.2) is 66.5 Å². The van der Waals surface area contributed by atoms with Crippen LogP contribution in [0, 0.1) is 0 Å². The highest BCUT2D eigenvalue weighted by Gasteiger charge is 2.17. The molecule has 0 atom stereocenters. The number of fused-ring (bicyclic) bond motifs is 1. The van der Waals surface area contributed by atoms with Gasteiger partial charge in [0.05, 0.1) is 24.4 Å². The topological polar surface area (TPSA) is 45.7 Å². The molecule has 0 radical (unpaired) electrons. The van der Waals surface area contributed by atoms with Gasteiger partial charge in [0.2, 0.25) is 0 Å². The van der Waals surface area contributed by atoms with Gasteiger partial charge >= 0.3 is 0 Å². The molecule has 5 nitrogen and oxygen atoms in total. The normalized spacial score (nSPS) is 17.4. The molecule has 3 aromatic rings. The van der Waals surface area contributed by atoms with Crippen molar-refractivity contribution in [2.75, 3.05) is 45.9 Å². The number of nitrogens with zero attached hydrogens (tertiary/aromatic N) is 3. The molecule has 0 amide bonds. The Bertz CT molecular complexity index is 1140. The largest absolute Gasteiger partial charge is 0.379 e. The Kier molecular flexibility index (Phi) is 7.55.